The van der Waals surface area contributed by atoms with Crippen LogP contribution < -0.4 is 16.0 Å². The van der Waals surface area contributed by atoms with Crippen molar-refractivity contribution in [2.75, 3.05) is 11.9 Å². The van der Waals surface area contributed by atoms with Gasteiger partial charge in [0.25, 0.3) is 5.91 Å². The van der Waals surface area contributed by atoms with Crippen LogP contribution in [0.2, 0.25) is 0 Å². The fraction of sp³-hybridized carbons (Fsp3) is 0.167. The van der Waals surface area contributed by atoms with Gasteiger partial charge in [0.2, 0.25) is 5.91 Å². The lowest BCUT2D eigenvalue weighted by Gasteiger charge is -2.07. The first-order valence-corrected chi connectivity index (χ1v) is 11.1. The zero-order valence-corrected chi connectivity index (χ0v) is 18.4. The average molecular weight is 446 g/mol. The molecule has 2 aromatic heterocycles. The molecule has 0 aliphatic carbocycles. The molecule has 0 radical (unpaired) electrons. The quantitative estimate of drug-likeness (QED) is 0.537. The Balaban J connectivity index is 1.35. The molecule has 2 amide bonds. The van der Waals surface area contributed by atoms with E-state index in [-0.39, 0.29) is 24.4 Å². The predicted molar refractivity (Wildman–Crippen MR) is 127 cm³/mol. The molecule has 1 unspecified atom stereocenters. The molecule has 1 aliphatic heterocycles. The molecule has 3 aromatic rings. The third-order valence-corrected chi connectivity index (χ3v) is 5.66. The normalized spacial score (nSPS) is 15.3. The van der Waals surface area contributed by atoms with Crippen LogP contribution in [0, 0.1) is 0 Å². The van der Waals surface area contributed by atoms with Crippen LogP contribution in [0.4, 0.5) is 5.13 Å². The molecule has 0 saturated heterocycles. The predicted octanol–water partition coefficient (Wildman–Crippen LogP) is 3.75. The molecule has 7 nitrogen and oxygen atoms in total. The largest absolute Gasteiger partial charge is 0.387 e. The molecular formula is C24H23N5O2S. The van der Waals surface area contributed by atoms with E-state index in [9.17, 15) is 9.59 Å². The summed E-state index contributed by atoms with van der Waals surface area (Å²) in [5.41, 5.74) is 4.37. The van der Waals surface area contributed by atoms with Crippen LogP contribution in [0.5, 0.6) is 0 Å². The summed E-state index contributed by atoms with van der Waals surface area (Å²) < 4.78 is 0. The van der Waals surface area contributed by atoms with E-state index in [1.165, 1.54) is 11.3 Å². The number of nitrogens with one attached hydrogen (secondary N) is 3. The molecule has 0 bridgehead atoms. The van der Waals surface area contributed by atoms with Gasteiger partial charge in [-0.05, 0) is 42.7 Å². The van der Waals surface area contributed by atoms with Crippen molar-refractivity contribution in [3.63, 3.8) is 0 Å². The molecule has 162 valence electrons. The minimum atomic E-state index is -0.329. The van der Waals surface area contributed by atoms with Gasteiger partial charge in [0, 0.05) is 35.6 Å². The summed E-state index contributed by atoms with van der Waals surface area (Å²) in [6.45, 7) is 1.90. The van der Waals surface area contributed by atoms with Crippen molar-refractivity contribution >= 4 is 28.3 Å². The van der Waals surface area contributed by atoms with Crippen LogP contribution in [0.15, 0.2) is 78.1 Å². The van der Waals surface area contributed by atoms with Crippen LogP contribution in [-0.4, -0.2) is 34.4 Å². The summed E-state index contributed by atoms with van der Waals surface area (Å²) in [6.07, 6.45) is 9.74. The first-order valence-electron chi connectivity index (χ1n) is 10.3. The number of carbonyl (C=O) groups is 2. The molecule has 1 atom stereocenters. The third kappa shape index (κ3) is 5.47. The van der Waals surface area contributed by atoms with Crippen molar-refractivity contribution in [3.8, 4) is 22.4 Å². The number of nitrogens with zero attached hydrogens (tertiary/aromatic N) is 2. The lowest BCUT2D eigenvalue weighted by molar-refractivity contribution is -0.121. The summed E-state index contributed by atoms with van der Waals surface area (Å²) in [5.74, 6) is -0.630. The van der Waals surface area contributed by atoms with Crippen LogP contribution in [0.1, 0.15) is 13.3 Å². The Morgan fingerprint density at radius 1 is 1.16 bits per heavy atom. The Labute approximate surface area is 190 Å². The number of pyridine rings is 1. The lowest BCUT2D eigenvalue weighted by Crippen LogP contribution is -2.33. The maximum Gasteiger partial charge on any atom is 0.253 e. The Kier molecular flexibility index (Phi) is 6.72. The molecule has 8 heteroatoms. The standard InChI is InChI=1S/C24H23N5O2S/c1-16-4-2-7-20(13-26-16)23(31)27-14-22(30)29-24-28-21(15-32-24)19-6-3-5-18(12-19)17-8-10-25-11-9-17/h2-3,5-13,15-16,26H,4,14H2,1H3,(H,27,31)(H,28,29,30). The highest BCUT2D eigenvalue weighted by Gasteiger charge is 2.13. The average Bonchev–Trinajstić information content (AvgIpc) is 3.17. The highest BCUT2D eigenvalue weighted by atomic mass is 32.1. The zero-order chi connectivity index (χ0) is 22.3. The van der Waals surface area contributed by atoms with E-state index in [1.54, 1.807) is 24.7 Å². The first kappa shape index (κ1) is 21.5. The lowest BCUT2D eigenvalue weighted by atomic mass is 10.0. The third-order valence-electron chi connectivity index (χ3n) is 4.90. The van der Waals surface area contributed by atoms with E-state index in [0.29, 0.717) is 10.7 Å². The van der Waals surface area contributed by atoms with Crippen LogP contribution >= 0.6 is 11.3 Å². The number of rotatable bonds is 6. The van der Waals surface area contributed by atoms with E-state index >= 15 is 0 Å². The van der Waals surface area contributed by atoms with Gasteiger partial charge >= 0.3 is 0 Å². The maximum atomic E-state index is 12.3. The minimum absolute atomic E-state index is 0.133. The molecule has 3 heterocycles. The number of hydrogen-bond donors (Lipinski definition) is 3. The van der Waals surface area contributed by atoms with Gasteiger partial charge in [0.05, 0.1) is 17.8 Å². The summed E-state index contributed by atoms with van der Waals surface area (Å²) in [5, 5.41) is 10.9. The number of thiazole rings is 1. The minimum Gasteiger partial charge on any atom is -0.387 e. The van der Waals surface area contributed by atoms with E-state index in [0.717, 1.165) is 28.8 Å². The van der Waals surface area contributed by atoms with Crippen molar-refractivity contribution in [3.05, 3.63) is 78.1 Å². The van der Waals surface area contributed by atoms with E-state index in [2.05, 4.69) is 32.0 Å². The van der Waals surface area contributed by atoms with E-state index in [1.807, 2.05) is 48.7 Å². The topological polar surface area (TPSA) is 96.0 Å². The smallest absolute Gasteiger partial charge is 0.253 e. The van der Waals surface area contributed by atoms with Gasteiger partial charge in [-0.15, -0.1) is 11.3 Å². The second-order valence-electron chi connectivity index (χ2n) is 7.39. The molecule has 1 aliphatic rings. The van der Waals surface area contributed by atoms with Gasteiger partial charge in [0.15, 0.2) is 5.13 Å². The zero-order valence-electron chi connectivity index (χ0n) is 17.5. The van der Waals surface area contributed by atoms with E-state index in [4.69, 9.17) is 0 Å². The fourth-order valence-electron chi connectivity index (χ4n) is 3.18. The van der Waals surface area contributed by atoms with Crippen molar-refractivity contribution in [1.29, 1.82) is 0 Å². The first-order chi connectivity index (χ1) is 15.6. The highest BCUT2D eigenvalue weighted by molar-refractivity contribution is 7.14. The highest BCUT2D eigenvalue weighted by Crippen LogP contribution is 2.28. The molecule has 3 N–H and O–H groups in total. The number of carbonyl (C=O) groups excluding carboxylic acids is 2. The SMILES string of the molecule is CC1CC=CC(C(=O)NCC(=O)Nc2nc(-c3cccc(-c4ccncc4)c3)cs2)=CN1. The number of anilines is 1. The summed E-state index contributed by atoms with van der Waals surface area (Å²) in [7, 11) is 0. The van der Waals surface area contributed by atoms with Crippen molar-refractivity contribution in [2.45, 2.75) is 19.4 Å². The Morgan fingerprint density at radius 3 is 2.81 bits per heavy atom. The number of amides is 2. The van der Waals surface area contributed by atoms with Gasteiger partial charge in [-0.2, -0.15) is 0 Å². The number of benzene rings is 1. The second-order valence-corrected chi connectivity index (χ2v) is 8.25. The van der Waals surface area contributed by atoms with Crippen LogP contribution in [0.3, 0.4) is 0 Å². The fourth-order valence-corrected chi connectivity index (χ4v) is 3.92. The van der Waals surface area contributed by atoms with Gasteiger partial charge in [0.1, 0.15) is 0 Å². The number of hydrogen-bond acceptors (Lipinski definition) is 6. The molecule has 1 aromatic carbocycles. The Hall–Kier alpha value is -3.78. The second kappa shape index (κ2) is 10.0. The monoisotopic (exact) mass is 445 g/mol. The van der Waals surface area contributed by atoms with Gasteiger partial charge in [-0.3, -0.25) is 14.6 Å². The molecule has 0 saturated carbocycles. The maximum absolute atomic E-state index is 12.3. The summed E-state index contributed by atoms with van der Waals surface area (Å²) >= 11 is 1.34. The van der Waals surface area contributed by atoms with E-state index < -0.39 is 0 Å². The number of aromatic nitrogens is 2. The Bertz CT molecular complexity index is 1170. The molecule has 0 spiro atoms. The summed E-state index contributed by atoms with van der Waals surface area (Å²) in [6, 6.07) is 12.2. The van der Waals surface area contributed by atoms with Crippen molar-refractivity contribution in [2.24, 2.45) is 0 Å². The molecule has 32 heavy (non-hydrogen) atoms. The van der Waals surface area contributed by atoms with Crippen molar-refractivity contribution < 1.29 is 9.59 Å². The molecule has 0 fully saturated rings. The van der Waals surface area contributed by atoms with Gasteiger partial charge < -0.3 is 16.0 Å². The van der Waals surface area contributed by atoms with Crippen LogP contribution in [0.25, 0.3) is 22.4 Å². The molecular weight excluding hydrogens is 422 g/mol. The van der Waals surface area contributed by atoms with Gasteiger partial charge in [-0.1, -0.05) is 30.4 Å². The van der Waals surface area contributed by atoms with Crippen LogP contribution in [-0.2, 0) is 9.59 Å². The van der Waals surface area contributed by atoms with Crippen molar-refractivity contribution in [1.82, 2.24) is 20.6 Å². The summed E-state index contributed by atoms with van der Waals surface area (Å²) in [4.78, 5) is 33.1. The van der Waals surface area contributed by atoms with Gasteiger partial charge in [-0.25, -0.2) is 4.98 Å². The molecule has 4 rings (SSSR count). The Morgan fingerprint density at radius 2 is 1.97 bits per heavy atom.